The third-order valence-electron chi connectivity index (χ3n) is 3.02. The number of thioether (sulfide) groups is 1. The Labute approximate surface area is 117 Å². The predicted molar refractivity (Wildman–Crippen MR) is 77.2 cm³/mol. The molecule has 0 fully saturated rings. The average molecular weight is 289 g/mol. The van der Waals surface area contributed by atoms with E-state index in [4.69, 9.17) is 5.11 Å². The molecule has 0 saturated heterocycles. The minimum atomic E-state index is -0.941. The van der Waals surface area contributed by atoms with E-state index in [9.17, 15) is 9.59 Å². The van der Waals surface area contributed by atoms with Crippen LogP contribution < -0.4 is 5.56 Å². The molecule has 0 atom stereocenters. The number of rotatable bonds is 3. The van der Waals surface area contributed by atoms with Crippen molar-refractivity contribution in [1.29, 1.82) is 0 Å². The van der Waals surface area contributed by atoms with Crippen molar-refractivity contribution in [2.75, 3.05) is 5.75 Å². The lowest BCUT2D eigenvalue weighted by Crippen LogP contribution is -2.20. The topological polar surface area (TPSA) is 88.0 Å². The monoisotopic (exact) mass is 289 g/mol. The molecule has 2 aromatic heterocycles. The maximum Gasteiger partial charge on any atom is 0.313 e. The number of nitrogens with zero attached hydrogens (tertiary/aromatic N) is 2. The number of aromatic nitrogens is 3. The highest BCUT2D eigenvalue weighted by Gasteiger charge is 2.14. The normalized spacial score (nSPS) is 11.2. The van der Waals surface area contributed by atoms with Crippen LogP contribution >= 0.6 is 11.8 Å². The summed E-state index contributed by atoms with van der Waals surface area (Å²) in [4.78, 5) is 30.4. The van der Waals surface area contributed by atoms with Crippen molar-refractivity contribution < 1.29 is 9.90 Å². The molecule has 2 N–H and O–H groups in total. The SMILES string of the molecule is Cn1c(SCC(=O)O)nc2c([nH]c3ccccc32)c1=O. The van der Waals surface area contributed by atoms with Gasteiger partial charge in [0.2, 0.25) is 0 Å². The molecular weight excluding hydrogens is 278 g/mol. The van der Waals surface area contributed by atoms with E-state index in [0.29, 0.717) is 16.2 Å². The first-order chi connectivity index (χ1) is 9.58. The van der Waals surface area contributed by atoms with Gasteiger partial charge in [0.1, 0.15) is 11.0 Å². The van der Waals surface area contributed by atoms with Crippen LogP contribution in [-0.4, -0.2) is 31.4 Å². The van der Waals surface area contributed by atoms with Crippen LogP contribution in [0.3, 0.4) is 0 Å². The Morgan fingerprint density at radius 3 is 2.95 bits per heavy atom. The van der Waals surface area contributed by atoms with E-state index in [1.54, 1.807) is 7.05 Å². The minimum Gasteiger partial charge on any atom is -0.481 e. The summed E-state index contributed by atoms with van der Waals surface area (Å²) in [6.45, 7) is 0. The fraction of sp³-hybridized carbons (Fsp3) is 0.154. The average Bonchev–Trinajstić information content (AvgIpc) is 2.80. The van der Waals surface area contributed by atoms with Crippen LogP contribution in [-0.2, 0) is 11.8 Å². The number of aromatic amines is 1. The number of fused-ring (bicyclic) bond motifs is 3. The maximum atomic E-state index is 12.3. The molecule has 0 bridgehead atoms. The Kier molecular flexibility index (Phi) is 2.98. The first kappa shape index (κ1) is 12.7. The van der Waals surface area contributed by atoms with E-state index in [1.807, 2.05) is 24.3 Å². The van der Waals surface area contributed by atoms with Gasteiger partial charge in [0.05, 0.1) is 5.75 Å². The summed E-state index contributed by atoms with van der Waals surface area (Å²) in [5.74, 6) is -1.07. The zero-order valence-corrected chi connectivity index (χ0v) is 11.4. The van der Waals surface area contributed by atoms with Crippen LogP contribution in [0.2, 0.25) is 0 Å². The molecule has 0 radical (unpaired) electrons. The number of hydrogen-bond donors (Lipinski definition) is 2. The van der Waals surface area contributed by atoms with Gasteiger partial charge in [-0.1, -0.05) is 30.0 Å². The van der Waals surface area contributed by atoms with Crippen LogP contribution in [0.15, 0.2) is 34.2 Å². The van der Waals surface area contributed by atoms with Gasteiger partial charge < -0.3 is 10.1 Å². The highest BCUT2D eigenvalue weighted by molar-refractivity contribution is 7.99. The minimum absolute atomic E-state index is 0.131. The molecule has 3 rings (SSSR count). The number of H-pyrrole nitrogens is 1. The lowest BCUT2D eigenvalue weighted by molar-refractivity contribution is -0.133. The zero-order chi connectivity index (χ0) is 14.3. The van der Waals surface area contributed by atoms with Crippen molar-refractivity contribution in [2.24, 2.45) is 7.05 Å². The fourth-order valence-corrected chi connectivity index (χ4v) is 2.76. The Morgan fingerprint density at radius 1 is 1.45 bits per heavy atom. The Balaban J connectivity index is 2.27. The number of aliphatic carboxylic acids is 1. The van der Waals surface area contributed by atoms with Crippen LogP contribution in [0.4, 0.5) is 0 Å². The summed E-state index contributed by atoms with van der Waals surface area (Å²) in [7, 11) is 1.59. The molecule has 0 spiro atoms. The molecule has 2 heterocycles. The molecule has 0 aliphatic heterocycles. The number of carboxylic acid groups (broad SMARTS) is 1. The van der Waals surface area contributed by atoms with Crippen molar-refractivity contribution in [3.8, 4) is 0 Å². The summed E-state index contributed by atoms with van der Waals surface area (Å²) < 4.78 is 1.37. The Morgan fingerprint density at radius 2 is 2.20 bits per heavy atom. The molecule has 1 aromatic carbocycles. The predicted octanol–water partition coefficient (Wildman–Crippen LogP) is 1.59. The Hall–Kier alpha value is -2.28. The summed E-state index contributed by atoms with van der Waals surface area (Å²) in [5, 5.41) is 9.99. The van der Waals surface area contributed by atoms with Gasteiger partial charge in [-0.3, -0.25) is 14.2 Å². The van der Waals surface area contributed by atoms with Gasteiger partial charge in [0.25, 0.3) is 5.56 Å². The highest BCUT2D eigenvalue weighted by atomic mass is 32.2. The number of benzene rings is 1. The van der Waals surface area contributed by atoms with Crippen LogP contribution in [0.5, 0.6) is 0 Å². The van der Waals surface area contributed by atoms with E-state index in [1.165, 1.54) is 4.57 Å². The second-order valence-electron chi connectivity index (χ2n) is 4.34. The first-order valence-electron chi connectivity index (χ1n) is 5.90. The first-order valence-corrected chi connectivity index (χ1v) is 6.88. The van der Waals surface area contributed by atoms with Gasteiger partial charge in [0, 0.05) is 18.0 Å². The van der Waals surface area contributed by atoms with Gasteiger partial charge in [0.15, 0.2) is 5.16 Å². The van der Waals surface area contributed by atoms with E-state index in [0.717, 1.165) is 22.7 Å². The molecule has 6 nitrogen and oxygen atoms in total. The summed E-state index contributed by atoms with van der Waals surface area (Å²) in [5.41, 5.74) is 1.65. The lowest BCUT2D eigenvalue weighted by atomic mass is 10.2. The Bertz CT molecular complexity index is 882. The molecule has 0 saturated carbocycles. The molecule has 0 aliphatic rings. The number of nitrogens with one attached hydrogen (secondary N) is 1. The van der Waals surface area contributed by atoms with Crippen molar-refractivity contribution in [2.45, 2.75) is 5.16 Å². The second kappa shape index (κ2) is 4.68. The number of hydrogen-bond acceptors (Lipinski definition) is 4. The molecule has 0 unspecified atom stereocenters. The maximum absolute atomic E-state index is 12.3. The van der Waals surface area contributed by atoms with Crippen LogP contribution in [0.25, 0.3) is 21.9 Å². The summed E-state index contributed by atoms with van der Waals surface area (Å²) >= 11 is 1.03. The van der Waals surface area contributed by atoms with E-state index in [2.05, 4.69) is 9.97 Å². The van der Waals surface area contributed by atoms with Crippen molar-refractivity contribution in [3.05, 3.63) is 34.6 Å². The molecule has 102 valence electrons. The third kappa shape index (κ3) is 1.96. The van der Waals surface area contributed by atoms with Gasteiger partial charge in [-0.15, -0.1) is 0 Å². The number of carbonyl (C=O) groups is 1. The fourth-order valence-electron chi connectivity index (χ4n) is 2.08. The second-order valence-corrected chi connectivity index (χ2v) is 5.28. The quantitative estimate of drug-likeness (QED) is 0.564. The standard InChI is InChI=1S/C13H11N3O3S/c1-16-12(19)11-10(15-13(16)20-6-9(17)18)7-4-2-3-5-8(7)14-11/h2-5,14H,6H2,1H3,(H,17,18). The van der Waals surface area contributed by atoms with Gasteiger partial charge in [-0.2, -0.15) is 0 Å². The largest absolute Gasteiger partial charge is 0.481 e. The molecule has 0 aliphatic carbocycles. The van der Waals surface area contributed by atoms with Gasteiger partial charge in [-0.05, 0) is 6.07 Å². The summed E-state index contributed by atoms with van der Waals surface area (Å²) in [6.07, 6.45) is 0. The molecule has 7 heteroatoms. The molecule has 20 heavy (non-hydrogen) atoms. The van der Waals surface area contributed by atoms with Gasteiger partial charge >= 0.3 is 5.97 Å². The van der Waals surface area contributed by atoms with E-state index in [-0.39, 0.29) is 11.3 Å². The van der Waals surface area contributed by atoms with Gasteiger partial charge in [-0.25, -0.2) is 4.98 Å². The van der Waals surface area contributed by atoms with Crippen LogP contribution in [0.1, 0.15) is 0 Å². The summed E-state index contributed by atoms with van der Waals surface area (Å²) in [6, 6.07) is 7.51. The van der Waals surface area contributed by atoms with E-state index >= 15 is 0 Å². The smallest absolute Gasteiger partial charge is 0.313 e. The van der Waals surface area contributed by atoms with Crippen LogP contribution in [0, 0.1) is 0 Å². The zero-order valence-electron chi connectivity index (χ0n) is 10.6. The lowest BCUT2D eigenvalue weighted by Gasteiger charge is -2.05. The number of para-hydroxylation sites is 1. The molecular formula is C13H11N3O3S. The van der Waals surface area contributed by atoms with Crippen molar-refractivity contribution in [3.63, 3.8) is 0 Å². The van der Waals surface area contributed by atoms with Crippen molar-refractivity contribution in [1.82, 2.24) is 14.5 Å². The van der Waals surface area contributed by atoms with E-state index < -0.39 is 5.97 Å². The third-order valence-corrected chi connectivity index (χ3v) is 4.03. The molecule has 3 aromatic rings. The number of carboxylic acids is 1. The van der Waals surface area contributed by atoms with Crippen molar-refractivity contribution >= 4 is 39.7 Å². The molecule has 0 amide bonds. The highest BCUT2D eigenvalue weighted by Crippen LogP contribution is 2.23.